The first-order valence-corrected chi connectivity index (χ1v) is 4.72. The SMILES string of the molecule is N#Cc1cccc(C#CCNC(=O)CN)c1. The number of carbonyl (C=O) groups is 1. The van der Waals surface area contributed by atoms with Crippen LogP contribution in [-0.4, -0.2) is 19.0 Å². The molecule has 1 rings (SSSR count). The molecule has 0 aliphatic carbocycles. The third kappa shape index (κ3) is 3.83. The minimum Gasteiger partial charge on any atom is -0.344 e. The number of hydrogen-bond donors (Lipinski definition) is 2. The van der Waals surface area contributed by atoms with Gasteiger partial charge in [0.25, 0.3) is 0 Å². The van der Waals surface area contributed by atoms with E-state index in [-0.39, 0.29) is 19.0 Å². The van der Waals surface area contributed by atoms with Crippen LogP contribution in [0.1, 0.15) is 11.1 Å². The average molecular weight is 213 g/mol. The Morgan fingerprint density at radius 3 is 2.88 bits per heavy atom. The van der Waals surface area contributed by atoms with Gasteiger partial charge in [0.05, 0.1) is 24.7 Å². The Bertz CT molecular complexity index is 477. The van der Waals surface area contributed by atoms with Gasteiger partial charge in [-0.1, -0.05) is 17.9 Å². The van der Waals surface area contributed by atoms with Crippen molar-refractivity contribution in [1.82, 2.24) is 5.32 Å². The molecule has 3 N–H and O–H groups in total. The molecule has 16 heavy (non-hydrogen) atoms. The minimum atomic E-state index is -0.236. The molecule has 0 unspecified atom stereocenters. The van der Waals surface area contributed by atoms with Crippen LogP contribution >= 0.6 is 0 Å². The Hall–Kier alpha value is -2.30. The molecule has 0 saturated heterocycles. The topological polar surface area (TPSA) is 78.9 Å². The summed E-state index contributed by atoms with van der Waals surface area (Å²) in [6, 6.07) is 9.00. The summed E-state index contributed by atoms with van der Waals surface area (Å²) in [6.45, 7) is 0.221. The first-order valence-electron chi connectivity index (χ1n) is 4.72. The van der Waals surface area contributed by atoms with Gasteiger partial charge in [0.1, 0.15) is 0 Å². The van der Waals surface area contributed by atoms with Gasteiger partial charge in [-0.2, -0.15) is 5.26 Å². The summed E-state index contributed by atoms with van der Waals surface area (Å²) in [5, 5.41) is 11.2. The second-order valence-corrected chi connectivity index (χ2v) is 2.98. The van der Waals surface area contributed by atoms with Crippen LogP contribution in [0.4, 0.5) is 0 Å². The summed E-state index contributed by atoms with van der Waals surface area (Å²) in [6.07, 6.45) is 0. The fourth-order valence-corrected chi connectivity index (χ4v) is 1.03. The third-order valence-corrected chi connectivity index (χ3v) is 1.78. The smallest absolute Gasteiger partial charge is 0.234 e. The maximum atomic E-state index is 10.8. The number of carbonyl (C=O) groups excluding carboxylic acids is 1. The van der Waals surface area contributed by atoms with E-state index in [2.05, 4.69) is 17.2 Å². The van der Waals surface area contributed by atoms with E-state index in [9.17, 15) is 4.79 Å². The van der Waals surface area contributed by atoms with Crippen molar-refractivity contribution < 1.29 is 4.79 Å². The Labute approximate surface area is 94.1 Å². The molecule has 0 spiro atoms. The average Bonchev–Trinajstić information content (AvgIpc) is 2.34. The van der Waals surface area contributed by atoms with E-state index in [1.54, 1.807) is 24.3 Å². The molecule has 0 bridgehead atoms. The summed E-state index contributed by atoms with van der Waals surface area (Å²) < 4.78 is 0. The highest BCUT2D eigenvalue weighted by molar-refractivity contribution is 5.77. The Balaban J connectivity index is 2.57. The number of hydrogen-bond acceptors (Lipinski definition) is 3. The standard InChI is InChI=1S/C12H11N3O/c13-8-11-4-1-3-10(7-11)5-2-6-15-12(16)9-14/h1,3-4,7H,6,9,14H2,(H,15,16). The zero-order valence-electron chi connectivity index (χ0n) is 8.66. The van der Waals surface area contributed by atoms with Gasteiger partial charge in [0.15, 0.2) is 0 Å². The molecule has 80 valence electrons. The molecule has 0 aliphatic heterocycles. The lowest BCUT2D eigenvalue weighted by Crippen LogP contribution is -2.30. The molecule has 1 amide bonds. The van der Waals surface area contributed by atoms with Crippen LogP contribution in [-0.2, 0) is 4.79 Å². The molecule has 0 fully saturated rings. The van der Waals surface area contributed by atoms with Gasteiger partial charge < -0.3 is 11.1 Å². The van der Waals surface area contributed by atoms with Crippen molar-refractivity contribution in [2.45, 2.75) is 0 Å². The minimum absolute atomic E-state index is 0.0361. The fourth-order valence-electron chi connectivity index (χ4n) is 1.03. The molecule has 0 aromatic heterocycles. The summed E-state index contributed by atoms with van der Waals surface area (Å²) in [7, 11) is 0. The fraction of sp³-hybridized carbons (Fsp3) is 0.167. The van der Waals surface area contributed by atoms with E-state index < -0.39 is 0 Å². The van der Waals surface area contributed by atoms with Gasteiger partial charge in [-0.05, 0) is 18.2 Å². The van der Waals surface area contributed by atoms with Crippen molar-refractivity contribution in [3.8, 4) is 17.9 Å². The number of nitriles is 1. The number of rotatable bonds is 2. The monoisotopic (exact) mass is 213 g/mol. The van der Waals surface area contributed by atoms with E-state index in [4.69, 9.17) is 11.0 Å². The van der Waals surface area contributed by atoms with Crippen molar-refractivity contribution >= 4 is 5.91 Å². The second kappa shape index (κ2) is 6.23. The molecular weight excluding hydrogens is 202 g/mol. The molecule has 0 atom stereocenters. The molecule has 0 radical (unpaired) electrons. The van der Waals surface area contributed by atoms with Crippen LogP contribution < -0.4 is 11.1 Å². The predicted molar refractivity (Wildman–Crippen MR) is 60.1 cm³/mol. The molecule has 0 saturated carbocycles. The number of nitrogens with one attached hydrogen (secondary N) is 1. The lowest BCUT2D eigenvalue weighted by atomic mass is 10.1. The number of nitrogens with two attached hydrogens (primary N) is 1. The van der Waals surface area contributed by atoms with Crippen LogP contribution in [0.15, 0.2) is 24.3 Å². The van der Waals surface area contributed by atoms with Gasteiger partial charge in [0.2, 0.25) is 5.91 Å². The summed E-state index contributed by atoms with van der Waals surface area (Å²) in [4.78, 5) is 10.8. The van der Waals surface area contributed by atoms with E-state index in [1.807, 2.05) is 6.07 Å². The first-order chi connectivity index (χ1) is 7.76. The van der Waals surface area contributed by atoms with Crippen LogP contribution in [0.5, 0.6) is 0 Å². The van der Waals surface area contributed by atoms with Gasteiger partial charge in [-0.3, -0.25) is 4.79 Å². The van der Waals surface area contributed by atoms with E-state index in [0.29, 0.717) is 5.56 Å². The normalized spacial score (nSPS) is 8.50. The Kier molecular flexibility index (Phi) is 4.59. The lowest BCUT2D eigenvalue weighted by Gasteiger charge is -1.95. The highest BCUT2D eigenvalue weighted by Gasteiger charge is 1.92. The highest BCUT2D eigenvalue weighted by Crippen LogP contribution is 2.01. The quantitative estimate of drug-likeness (QED) is 0.678. The van der Waals surface area contributed by atoms with Gasteiger partial charge in [-0.25, -0.2) is 0 Å². The van der Waals surface area contributed by atoms with Crippen LogP contribution in [0.25, 0.3) is 0 Å². The molecule has 0 aliphatic rings. The molecular formula is C12H11N3O. The van der Waals surface area contributed by atoms with Gasteiger partial charge >= 0.3 is 0 Å². The molecule has 4 heteroatoms. The molecule has 1 aromatic carbocycles. The van der Waals surface area contributed by atoms with Crippen LogP contribution in [0, 0.1) is 23.2 Å². The Morgan fingerprint density at radius 1 is 1.44 bits per heavy atom. The molecule has 1 aromatic rings. The largest absolute Gasteiger partial charge is 0.344 e. The highest BCUT2D eigenvalue weighted by atomic mass is 16.1. The maximum Gasteiger partial charge on any atom is 0.234 e. The van der Waals surface area contributed by atoms with Gasteiger partial charge in [-0.15, -0.1) is 0 Å². The van der Waals surface area contributed by atoms with Crippen LogP contribution in [0.3, 0.4) is 0 Å². The van der Waals surface area contributed by atoms with Crippen molar-refractivity contribution in [1.29, 1.82) is 5.26 Å². The number of benzene rings is 1. The molecule has 4 nitrogen and oxygen atoms in total. The van der Waals surface area contributed by atoms with E-state index >= 15 is 0 Å². The summed E-state index contributed by atoms with van der Waals surface area (Å²) >= 11 is 0. The zero-order valence-corrected chi connectivity index (χ0v) is 8.66. The number of nitrogens with zero attached hydrogens (tertiary/aromatic N) is 1. The number of amides is 1. The maximum absolute atomic E-state index is 10.8. The zero-order chi connectivity index (χ0) is 11.8. The van der Waals surface area contributed by atoms with E-state index in [1.165, 1.54) is 0 Å². The van der Waals surface area contributed by atoms with Gasteiger partial charge in [0, 0.05) is 5.56 Å². The summed E-state index contributed by atoms with van der Waals surface area (Å²) in [5.74, 6) is 5.38. The van der Waals surface area contributed by atoms with Crippen molar-refractivity contribution in [2.24, 2.45) is 5.73 Å². The third-order valence-electron chi connectivity index (χ3n) is 1.78. The van der Waals surface area contributed by atoms with E-state index in [0.717, 1.165) is 5.56 Å². The van der Waals surface area contributed by atoms with Crippen molar-refractivity contribution in [2.75, 3.05) is 13.1 Å². The first kappa shape index (κ1) is 11.8. The molecule has 0 heterocycles. The second-order valence-electron chi connectivity index (χ2n) is 2.98. The van der Waals surface area contributed by atoms with Crippen molar-refractivity contribution in [3.05, 3.63) is 35.4 Å². The summed E-state index contributed by atoms with van der Waals surface area (Å²) in [5.41, 5.74) is 6.43. The predicted octanol–water partition coefficient (Wildman–Crippen LogP) is -0.0153. The lowest BCUT2D eigenvalue weighted by molar-refractivity contribution is -0.119. The van der Waals surface area contributed by atoms with Crippen LogP contribution in [0.2, 0.25) is 0 Å². The van der Waals surface area contributed by atoms with Crippen molar-refractivity contribution in [3.63, 3.8) is 0 Å². The Morgan fingerprint density at radius 2 is 2.19 bits per heavy atom.